The molecule has 0 spiro atoms. The molecule has 0 radical (unpaired) electrons. The lowest BCUT2D eigenvalue weighted by Gasteiger charge is -2.31. The average Bonchev–Trinajstić information content (AvgIpc) is 3.62. The van der Waals surface area contributed by atoms with Gasteiger partial charge in [0, 0.05) is 48.2 Å². The quantitative estimate of drug-likeness (QED) is 0.272. The minimum Gasteiger partial charge on any atom is -0.508 e. The number of nitrogens with zero attached hydrogens (tertiary/aromatic N) is 4. The minimum atomic E-state index is -0.905. The molecule has 0 amide bonds. The zero-order chi connectivity index (χ0) is 29.3. The van der Waals surface area contributed by atoms with Crippen molar-refractivity contribution in [1.29, 1.82) is 0 Å². The largest absolute Gasteiger partial charge is 0.508 e. The van der Waals surface area contributed by atoms with Crippen molar-refractivity contribution in [2.45, 2.75) is 74.8 Å². The van der Waals surface area contributed by atoms with E-state index in [0.29, 0.717) is 41.6 Å². The zero-order valence-corrected chi connectivity index (χ0v) is 23.6. The van der Waals surface area contributed by atoms with Gasteiger partial charge < -0.3 is 20.5 Å². The number of piperidine rings is 1. The van der Waals surface area contributed by atoms with Crippen LogP contribution in [-0.2, 0) is 0 Å². The Balaban J connectivity index is 1.22. The topological polar surface area (TPSA) is 95.4 Å². The van der Waals surface area contributed by atoms with Gasteiger partial charge in [0.25, 0.3) is 0 Å². The van der Waals surface area contributed by atoms with Gasteiger partial charge in [-0.15, -0.1) is 0 Å². The van der Waals surface area contributed by atoms with Gasteiger partial charge in [-0.25, -0.2) is 13.2 Å². The fourth-order valence-corrected chi connectivity index (χ4v) is 7.97. The van der Waals surface area contributed by atoms with E-state index in [1.54, 1.807) is 6.07 Å². The second-order valence-electron chi connectivity index (χ2n) is 12.7. The van der Waals surface area contributed by atoms with Gasteiger partial charge in [-0.1, -0.05) is 12.1 Å². The molecular weight excluding hydrogens is 557 g/mol. The number of ether oxygens (including phenoxy) is 1. The molecule has 6 heterocycles. The Morgan fingerprint density at radius 3 is 2.81 bits per heavy atom. The van der Waals surface area contributed by atoms with Crippen LogP contribution in [0.25, 0.3) is 32.9 Å². The first-order chi connectivity index (χ1) is 20.8. The molecule has 4 fully saturated rings. The van der Waals surface area contributed by atoms with Crippen molar-refractivity contribution in [3.8, 4) is 23.0 Å². The van der Waals surface area contributed by atoms with Crippen LogP contribution < -0.4 is 15.4 Å². The first-order valence-corrected chi connectivity index (χ1v) is 15.2. The molecule has 4 aliphatic rings. The van der Waals surface area contributed by atoms with E-state index < -0.39 is 23.3 Å². The number of benzene rings is 2. The van der Waals surface area contributed by atoms with Gasteiger partial charge >= 0.3 is 6.01 Å². The highest BCUT2D eigenvalue weighted by Gasteiger charge is 2.49. The number of nitrogens with one attached hydrogen (secondary N) is 2. The highest BCUT2D eigenvalue weighted by atomic mass is 19.1. The first-order valence-electron chi connectivity index (χ1n) is 15.2. The van der Waals surface area contributed by atoms with E-state index in [2.05, 4.69) is 25.5 Å². The van der Waals surface area contributed by atoms with Crippen LogP contribution in [0.4, 0.5) is 19.0 Å². The maximum atomic E-state index is 16.5. The summed E-state index contributed by atoms with van der Waals surface area (Å²) < 4.78 is 52.1. The van der Waals surface area contributed by atoms with Gasteiger partial charge in [0.1, 0.15) is 41.4 Å². The molecule has 43 heavy (non-hydrogen) atoms. The fourth-order valence-electron chi connectivity index (χ4n) is 7.97. The van der Waals surface area contributed by atoms with Crippen molar-refractivity contribution in [1.82, 2.24) is 25.2 Å². The summed E-state index contributed by atoms with van der Waals surface area (Å²) in [4.78, 5) is 15.8. The van der Waals surface area contributed by atoms with Crippen LogP contribution in [0.2, 0.25) is 0 Å². The maximum Gasteiger partial charge on any atom is 0.319 e. The molecule has 4 atom stereocenters. The van der Waals surface area contributed by atoms with Crippen LogP contribution in [0.3, 0.4) is 0 Å². The third kappa shape index (κ3) is 4.64. The van der Waals surface area contributed by atoms with Crippen molar-refractivity contribution in [3.05, 3.63) is 48.2 Å². The summed E-state index contributed by atoms with van der Waals surface area (Å²) >= 11 is 0. The highest BCUT2D eigenvalue weighted by Crippen LogP contribution is 2.41. The summed E-state index contributed by atoms with van der Waals surface area (Å²) in [5.74, 6) is -1.02. The fraction of sp³-hybridized carbons (Fsp3) is 0.469. The Labute approximate surface area is 246 Å². The van der Waals surface area contributed by atoms with Crippen molar-refractivity contribution >= 4 is 27.5 Å². The average molecular weight is 591 g/mol. The van der Waals surface area contributed by atoms with Crippen LogP contribution in [0.1, 0.15) is 44.9 Å². The number of hydrogen-bond donors (Lipinski definition) is 3. The van der Waals surface area contributed by atoms with Crippen LogP contribution >= 0.6 is 0 Å². The molecule has 8 rings (SSSR count). The van der Waals surface area contributed by atoms with Gasteiger partial charge in [0.05, 0.1) is 10.9 Å². The number of pyridine rings is 1. The Morgan fingerprint density at radius 2 is 1.98 bits per heavy atom. The smallest absolute Gasteiger partial charge is 0.319 e. The summed E-state index contributed by atoms with van der Waals surface area (Å²) in [5, 5.41) is 18.5. The van der Waals surface area contributed by atoms with Crippen molar-refractivity contribution in [3.63, 3.8) is 0 Å². The summed E-state index contributed by atoms with van der Waals surface area (Å²) in [7, 11) is 0. The second-order valence-corrected chi connectivity index (χ2v) is 12.7. The van der Waals surface area contributed by atoms with E-state index >= 15 is 8.78 Å². The molecule has 4 aromatic rings. The predicted octanol–water partition coefficient (Wildman–Crippen LogP) is 5.48. The lowest BCUT2D eigenvalue weighted by atomic mass is 9.95. The van der Waals surface area contributed by atoms with E-state index in [-0.39, 0.29) is 46.6 Å². The third-order valence-corrected chi connectivity index (χ3v) is 9.87. The number of phenols is 1. The lowest BCUT2D eigenvalue weighted by molar-refractivity contribution is 0.107. The van der Waals surface area contributed by atoms with Gasteiger partial charge in [-0.3, -0.25) is 9.88 Å². The summed E-state index contributed by atoms with van der Waals surface area (Å²) in [6.45, 7) is 1.42. The normalized spacial score (nSPS) is 28.5. The Hall–Kier alpha value is -3.70. The zero-order valence-electron chi connectivity index (χ0n) is 23.6. The molecule has 2 unspecified atom stereocenters. The number of aromatic hydroxyl groups is 1. The number of halogens is 3. The van der Waals surface area contributed by atoms with E-state index in [1.807, 2.05) is 0 Å². The molecule has 4 aliphatic heterocycles. The molecule has 3 N–H and O–H groups in total. The van der Waals surface area contributed by atoms with Crippen molar-refractivity contribution in [2.75, 3.05) is 25.0 Å². The standard InChI is InChI=1S/C32H33F3N6O2/c33-18-13-32(7-2-8-41(32)15-18)16-43-31-39-29-24(30(40-31)38-21-10-19-5-6-20(11-21)37-19)14-36-28(27(29)35)23-12-22(42)9-17-3-1-4-25(34)26(17)23/h1,3-4,9,12,14,18-21,37,42H,2,5-8,10-11,13,15-16H2,(H,38,39,40)/t18-,19?,20?,21?,32+/m1/s1. The van der Waals surface area contributed by atoms with E-state index in [9.17, 15) is 9.50 Å². The van der Waals surface area contributed by atoms with Gasteiger partial charge in [-0.2, -0.15) is 9.97 Å². The summed E-state index contributed by atoms with van der Waals surface area (Å²) in [6, 6.07) is 8.21. The number of aromatic nitrogens is 3. The minimum absolute atomic E-state index is 0.00145. The lowest BCUT2D eigenvalue weighted by Crippen LogP contribution is -2.44. The molecular formula is C32H33F3N6O2. The number of hydrogen-bond acceptors (Lipinski definition) is 8. The Bertz CT molecular complexity index is 1730. The van der Waals surface area contributed by atoms with E-state index in [1.165, 1.54) is 30.5 Å². The van der Waals surface area contributed by atoms with Crippen molar-refractivity contribution < 1.29 is 23.0 Å². The van der Waals surface area contributed by atoms with E-state index in [4.69, 9.17) is 9.72 Å². The maximum absolute atomic E-state index is 16.5. The van der Waals surface area contributed by atoms with E-state index in [0.717, 1.165) is 45.1 Å². The Kier molecular flexibility index (Phi) is 6.38. The van der Waals surface area contributed by atoms with Crippen LogP contribution in [0.5, 0.6) is 11.8 Å². The number of alkyl halides is 1. The molecule has 224 valence electrons. The predicted molar refractivity (Wildman–Crippen MR) is 157 cm³/mol. The van der Waals surface area contributed by atoms with Crippen LogP contribution in [-0.4, -0.2) is 74.5 Å². The molecule has 8 nitrogen and oxygen atoms in total. The molecule has 2 bridgehead atoms. The second kappa shape index (κ2) is 10.2. The number of anilines is 1. The molecule has 0 saturated carbocycles. The van der Waals surface area contributed by atoms with Crippen LogP contribution in [0, 0.1) is 11.6 Å². The van der Waals surface area contributed by atoms with Crippen LogP contribution in [0.15, 0.2) is 36.5 Å². The number of phenolic OH excluding ortho intramolecular Hbond substituents is 1. The molecule has 0 aliphatic carbocycles. The molecule has 11 heteroatoms. The number of rotatable bonds is 6. The first kappa shape index (κ1) is 26.9. The van der Waals surface area contributed by atoms with Gasteiger partial charge in [0.2, 0.25) is 0 Å². The summed E-state index contributed by atoms with van der Waals surface area (Å²) in [5.41, 5.74) is -0.443. The molecule has 4 saturated heterocycles. The van der Waals surface area contributed by atoms with Crippen molar-refractivity contribution in [2.24, 2.45) is 0 Å². The van der Waals surface area contributed by atoms with Gasteiger partial charge in [0.15, 0.2) is 5.82 Å². The van der Waals surface area contributed by atoms with Gasteiger partial charge in [-0.05, 0) is 68.7 Å². The monoisotopic (exact) mass is 590 g/mol. The molecule has 2 aromatic heterocycles. The Morgan fingerprint density at radius 1 is 1.14 bits per heavy atom. The molecule has 2 aromatic carbocycles. The third-order valence-electron chi connectivity index (χ3n) is 9.87. The number of fused-ring (bicyclic) bond motifs is 5. The SMILES string of the molecule is Oc1cc(-c2ncc3c(NC4CC5CCC(C4)N5)nc(OC[C@@]45CCCN4C[C@H](F)C5)nc3c2F)c2c(F)cccc2c1. The summed E-state index contributed by atoms with van der Waals surface area (Å²) in [6.07, 6.45) is 6.86. The highest BCUT2D eigenvalue weighted by molar-refractivity contribution is 6.00.